The van der Waals surface area contributed by atoms with E-state index in [0.717, 1.165) is 16.8 Å². The topological polar surface area (TPSA) is 102 Å². The Morgan fingerprint density at radius 2 is 1.84 bits per heavy atom. The van der Waals surface area contributed by atoms with Crippen molar-refractivity contribution in [3.05, 3.63) is 99.4 Å². The minimum absolute atomic E-state index is 0.116. The number of benzene rings is 2. The van der Waals surface area contributed by atoms with Crippen LogP contribution in [0.15, 0.2) is 67.0 Å². The number of pyridine rings is 1. The first-order chi connectivity index (χ1) is 14.8. The van der Waals surface area contributed by atoms with Gasteiger partial charge < -0.3 is 15.5 Å². The van der Waals surface area contributed by atoms with Crippen LogP contribution in [0, 0.1) is 24.0 Å². The first-order valence-electron chi connectivity index (χ1n) is 9.45. The van der Waals surface area contributed by atoms with Gasteiger partial charge in [0.25, 0.3) is 5.69 Å². The lowest BCUT2D eigenvalue weighted by atomic mass is 10.1. The van der Waals surface area contributed by atoms with Gasteiger partial charge in [-0.3, -0.25) is 10.1 Å². The monoisotopic (exact) mass is 435 g/mol. The Morgan fingerprint density at radius 3 is 2.48 bits per heavy atom. The molecule has 0 saturated carbocycles. The summed E-state index contributed by atoms with van der Waals surface area (Å²) in [5.41, 5.74) is 3.44. The lowest BCUT2D eigenvalue weighted by molar-refractivity contribution is -0.578. The van der Waals surface area contributed by atoms with Gasteiger partial charge in [-0.1, -0.05) is 30.4 Å². The molecule has 3 aromatic rings. The van der Waals surface area contributed by atoms with Gasteiger partial charge >= 0.3 is 0 Å². The van der Waals surface area contributed by atoms with Crippen LogP contribution in [0.2, 0.25) is 0 Å². The van der Waals surface area contributed by atoms with Crippen LogP contribution in [0.1, 0.15) is 22.3 Å². The molecule has 3 rings (SSSR count). The Bertz CT molecular complexity index is 1170. The number of anilines is 1. The number of aliphatic hydroxyl groups excluding tert-OH is 1. The Balaban J connectivity index is 2.14. The molecule has 2 aromatic carbocycles. The van der Waals surface area contributed by atoms with Crippen molar-refractivity contribution in [2.45, 2.75) is 20.5 Å². The second kappa shape index (κ2) is 9.46. The molecule has 0 aliphatic rings. The van der Waals surface area contributed by atoms with E-state index in [9.17, 15) is 20.3 Å². The molecule has 1 heterocycles. The predicted molar refractivity (Wildman–Crippen MR) is 121 cm³/mol. The van der Waals surface area contributed by atoms with Crippen LogP contribution in [-0.4, -0.2) is 15.0 Å². The Hall–Kier alpha value is -3.62. The van der Waals surface area contributed by atoms with E-state index < -0.39 is 10.7 Å². The fourth-order valence-electron chi connectivity index (χ4n) is 3.23. The molecule has 0 bridgehead atoms. The summed E-state index contributed by atoms with van der Waals surface area (Å²) in [6, 6.07) is 14.7. The van der Waals surface area contributed by atoms with Crippen molar-refractivity contribution in [1.82, 2.24) is 0 Å². The first kappa shape index (κ1) is 22.1. The number of nitro benzene ring substituents is 1. The van der Waals surface area contributed by atoms with E-state index in [1.54, 1.807) is 24.5 Å². The van der Waals surface area contributed by atoms with Gasteiger partial charge in [0.05, 0.1) is 11.5 Å². The fourth-order valence-corrected chi connectivity index (χ4v) is 3.54. The van der Waals surface area contributed by atoms with Gasteiger partial charge in [-0.25, -0.2) is 0 Å². The lowest BCUT2D eigenvalue weighted by Gasteiger charge is -2.17. The van der Waals surface area contributed by atoms with Gasteiger partial charge in [0.1, 0.15) is 0 Å². The highest BCUT2D eigenvalue weighted by molar-refractivity contribution is 7.81. The molecule has 2 N–H and O–H groups in total. The van der Waals surface area contributed by atoms with Crippen LogP contribution in [0.5, 0.6) is 0 Å². The molecule has 0 unspecified atom stereocenters. The molecule has 31 heavy (non-hydrogen) atoms. The number of aliphatic hydroxyl groups is 1. The maximum atomic E-state index is 13.4. The van der Waals surface area contributed by atoms with E-state index in [2.05, 4.69) is 5.32 Å². The predicted octanol–water partition coefficient (Wildman–Crippen LogP) is 3.12. The summed E-state index contributed by atoms with van der Waals surface area (Å²) in [5.74, 6) is -0.481. The van der Waals surface area contributed by atoms with Gasteiger partial charge in [0.2, 0.25) is 5.70 Å². The average Bonchev–Trinajstić information content (AvgIpc) is 2.73. The number of nitrogens with one attached hydrogen (secondary N) is 1. The van der Waals surface area contributed by atoms with Crippen LogP contribution in [0.25, 0.3) is 11.5 Å². The number of hydrogen-bond donors (Lipinski definition) is 2. The smallest absolute Gasteiger partial charge is 0.270 e. The Kier molecular flexibility index (Phi) is 6.74. The summed E-state index contributed by atoms with van der Waals surface area (Å²) in [4.78, 5) is 10.8. The third kappa shape index (κ3) is 5.30. The minimum atomic E-state index is -0.553. The second-order valence-electron chi connectivity index (χ2n) is 7.09. The normalized spacial score (nSPS) is 11.6. The van der Waals surface area contributed by atoms with Crippen LogP contribution >= 0.6 is 12.2 Å². The molecule has 8 heteroatoms. The van der Waals surface area contributed by atoms with E-state index in [4.69, 9.17) is 12.2 Å². The summed E-state index contributed by atoms with van der Waals surface area (Å²) < 4.78 is 1.52. The second-order valence-corrected chi connectivity index (χ2v) is 7.50. The number of hydrogen-bond acceptors (Lipinski definition) is 5. The average molecular weight is 436 g/mol. The summed E-state index contributed by atoms with van der Waals surface area (Å²) >= 11 is 5.58. The standard InChI is InChI=1S/C23H21N3O4S/c1-15-9-16(2)11-19(10-15)24-23(31)21(25-8-4-5-17(13-25)14-27)22(28)18-6-3-7-20(12-18)26(29)30/h3-13,27H,14H2,1-2H3,(H-,24,28,31). The van der Waals surface area contributed by atoms with Crippen molar-refractivity contribution in [3.63, 3.8) is 0 Å². The minimum Gasteiger partial charge on any atom is -0.867 e. The van der Waals surface area contributed by atoms with E-state index in [1.165, 1.54) is 28.8 Å². The van der Waals surface area contributed by atoms with E-state index in [1.807, 2.05) is 32.0 Å². The summed E-state index contributed by atoms with van der Waals surface area (Å²) in [6.45, 7) is 3.70. The molecule has 0 spiro atoms. The zero-order valence-corrected chi connectivity index (χ0v) is 17.8. The summed E-state index contributed by atoms with van der Waals surface area (Å²) in [6.07, 6.45) is 3.24. The van der Waals surface area contributed by atoms with Gasteiger partial charge in [0.15, 0.2) is 17.4 Å². The van der Waals surface area contributed by atoms with E-state index in [-0.39, 0.29) is 28.5 Å². The van der Waals surface area contributed by atoms with Crippen molar-refractivity contribution in [3.8, 4) is 0 Å². The van der Waals surface area contributed by atoms with Gasteiger partial charge in [-0.2, -0.15) is 4.57 Å². The molecule has 0 atom stereocenters. The largest absolute Gasteiger partial charge is 0.867 e. The highest BCUT2D eigenvalue weighted by atomic mass is 32.1. The molecule has 0 aliphatic heterocycles. The lowest BCUT2D eigenvalue weighted by Crippen LogP contribution is -2.40. The fraction of sp³-hybridized carbons (Fsp3) is 0.130. The molecule has 0 fully saturated rings. The summed E-state index contributed by atoms with van der Waals surface area (Å²) in [7, 11) is 0. The third-order valence-electron chi connectivity index (χ3n) is 4.53. The van der Waals surface area contributed by atoms with Crippen LogP contribution in [0.3, 0.4) is 0 Å². The first-order valence-corrected chi connectivity index (χ1v) is 9.86. The highest BCUT2D eigenvalue weighted by Crippen LogP contribution is 2.22. The molecule has 0 aliphatic carbocycles. The zero-order chi connectivity index (χ0) is 22.5. The molecular formula is C23H21N3O4S. The molecule has 0 radical (unpaired) electrons. The molecule has 0 amide bonds. The highest BCUT2D eigenvalue weighted by Gasteiger charge is 2.20. The molecule has 0 saturated heterocycles. The van der Waals surface area contributed by atoms with Crippen molar-refractivity contribution in [2.75, 3.05) is 5.32 Å². The van der Waals surface area contributed by atoms with Crippen molar-refractivity contribution in [1.29, 1.82) is 0 Å². The number of nitro groups is 1. The van der Waals surface area contributed by atoms with Crippen LogP contribution < -0.4 is 15.0 Å². The van der Waals surface area contributed by atoms with Gasteiger partial charge in [0, 0.05) is 29.4 Å². The number of aryl methyl sites for hydroxylation is 2. The zero-order valence-electron chi connectivity index (χ0n) is 17.0. The molecular weight excluding hydrogens is 414 g/mol. The number of nitrogens with zero attached hydrogens (tertiary/aromatic N) is 2. The third-order valence-corrected chi connectivity index (χ3v) is 4.83. The summed E-state index contributed by atoms with van der Waals surface area (Å²) in [5, 5.41) is 37.2. The van der Waals surface area contributed by atoms with Gasteiger partial charge in [-0.15, -0.1) is 0 Å². The number of thiocarbonyl (C=S) groups is 1. The van der Waals surface area contributed by atoms with Crippen LogP contribution in [-0.2, 0) is 6.61 Å². The quantitative estimate of drug-likeness (QED) is 0.154. The molecule has 158 valence electrons. The maximum Gasteiger partial charge on any atom is 0.270 e. The SMILES string of the molecule is Cc1cc(C)cc(NC(=S)/C(=C(\[O-])c2cccc([N+](=O)[O-])c2)[n+]2cccc(CO)c2)c1. The van der Waals surface area contributed by atoms with E-state index >= 15 is 0 Å². The Labute approximate surface area is 185 Å². The van der Waals surface area contributed by atoms with Crippen LogP contribution in [0.4, 0.5) is 11.4 Å². The van der Waals surface area contributed by atoms with Crippen molar-refractivity contribution in [2.24, 2.45) is 0 Å². The van der Waals surface area contributed by atoms with Gasteiger partial charge in [-0.05, 0) is 54.5 Å². The van der Waals surface area contributed by atoms with Crippen molar-refractivity contribution < 1.29 is 19.7 Å². The Morgan fingerprint density at radius 1 is 1.13 bits per heavy atom. The number of rotatable bonds is 6. The maximum absolute atomic E-state index is 13.4. The molecule has 7 nitrogen and oxygen atoms in total. The molecule has 1 aromatic heterocycles. The number of aromatic nitrogens is 1. The number of non-ortho nitro benzene ring substituents is 1. The van der Waals surface area contributed by atoms with E-state index in [0.29, 0.717) is 5.56 Å². The van der Waals surface area contributed by atoms with Crippen molar-refractivity contribution >= 4 is 40.0 Å².